The Balaban J connectivity index is 0.000000206. The Morgan fingerprint density at radius 2 is 1.31 bits per heavy atom. The molecule has 3 aromatic rings. The van der Waals surface area contributed by atoms with E-state index in [0.29, 0.717) is 43.2 Å². The molecular formula is C38H49ClFN5O7. The summed E-state index contributed by atoms with van der Waals surface area (Å²) in [5.41, 5.74) is 4.83. The van der Waals surface area contributed by atoms with E-state index in [0.717, 1.165) is 105 Å². The van der Waals surface area contributed by atoms with Crippen molar-refractivity contribution < 1.29 is 28.9 Å². The van der Waals surface area contributed by atoms with Gasteiger partial charge in [-0.2, -0.15) is 0 Å². The molecule has 282 valence electrons. The topological polar surface area (TPSA) is 157 Å². The lowest BCUT2D eigenvalue weighted by Crippen LogP contribution is -2.47. The Bertz CT molecular complexity index is 1840. The van der Waals surface area contributed by atoms with Gasteiger partial charge in [0.05, 0.1) is 24.1 Å². The summed E-state index contributed by atoms with van der Waals surface area (Å²) in [4.78, 5) is 55.2. The number of halogens is 2. The minimum atomic E-state index is -1.82. The zero-order valence-corrected chi connectivity index (χ0v) is 30.7. The zero-order chi connectivity index (χ0) is 37.4. The molecule has 2 aliphatic heterocycles. The molecular weight excluding hydrogens is 693 g/mol. The number of hydrogen-bond acceptors (Lipinski definition) is 8. The summed E-state index contributed by atoms with van der Waals surface area (Å²) >= 11 is 5.68. The number of ether oxygens (including phenoxy) is 1. The average molecular weight is 742 g/mol. The minimum absolute atomic E-state index is 0.123. The maximum absolute atomic E-state index is 13.9. The predicted molar refractivity (Wildman–Crippen MR) is 193 cm³/mol. The summed E-state index contributed by atoms with van der Waals surface area (Å²) in [5.74, 6) is -1.74. The molecule has 2 aromatic heterocycles. The fourth-order valence-corrected chi connectivity index (χ4v) is 8.16. The molecule has 4 heterocycles. The van der Waals surface area contributed by atoms with Gasteiger partial charge in [0.1, 0.15) is 17.5 Å². The maximum atomic E-state index is 13.9. The van der Waals surface area contributed by atoms with Crippen molar-refractivity contribution in [2.45, 2.75) is 129 Å². The van der Waals surface area contributed by atoms with Crippen molar-refractivity contribution >= 4 is 23.5 Å². The van der Waals surface area contributed by atoms with Gasteiger partial charge in [-0.25, -0.2) is 23.9 Å². The Labute approximate surface area is 307 Å². The summed E-state index contributed by atoms with van der Waals surface area (Å²) in [6, 6.07) is 7.84. The van der Waals surface area contributed by atoms with Crippen LogP contribution in [-0.2, 0) is 59.7 Å². The van der Waals surface area contributed by atoms with Gasteiger partial charge in [-0.05, 0) is 97.0 Å². The van der Waals surface area contributed by atoms with Gasteiger partial charge in [-0.15, -0.1) is 11.6 Å². The number of benzene rings is 1. The van der Waals surface area contributed by atoms with Crippen LogP contribution in [-0.4, -0.2) is 76.8 Å². The van der Waals surface area contributed by atoms with Crippen LogP contribution in [0.5, 0.6) is 0 Å². The molecule has 2 N–H and O–H groups in total. The molecule has 7 rings (SSSR count). The number of aromatic nitrogens is 4. The van der Waals surface area contributed by atoms with Gasteiger partial charge < -0.3 is 14.9 Å². The van der Waals surface area contributed by atoms with Crippen molar-refractivity contribution in [3.8, 4) is 0 Å². The number of nitrogens with zero attached hydrogens (tertiary/aromatic N) is 5. The monoisotopic (exact) mass is 741 g/mol. The van der Waals surface area contributed by atoms with Gasteiger partial charge in [0.2, 0.25) is 0 Å². The highest BCUT2D eigenvalue weighted by atomic mass is 35.5. The summed E-state index contributed by atoms with van der Waals surface area (Å²) in [5, 5.41) is 14.8. The van der Waals surface area contributed by atoms with E-state index in [1.54, 1.807) is 16.7 Å². The molecule has 2 fully saturated rings. The molecule has 0 spiro atoms. The van der Waals surface area contributed by atoms with Crippen LogP contribution in [0.25, 0.3) is 0 Å². The third-order valence-electron chi connectivity index (χ3n) is 10.6. The molecule has 52 heavy (non-hydrogen) atoms. The molecule has 4 aliphatic rings. The lowest BCUT2D eigenvalue weighted by molar-refractivity contribution is -0.159. The molecule has 2 unspecified atom stereocenters. The molecule has 0 amide bonds. The third-order valence-corrected chi connectivity index (χ3v) is 10.8. The van der Waals surface area contributed by atoms with E-state index in [-0.39, 0.29) is 23.0 Å². The maximum Gasteiger partial charge on any atom is 0.414 e. The fourth-order valence-electron chi connectivity index (χ4n) is 7.99. The number of hydrogen-bond donors (Lipinski definition) is 2. The van der Waals surface area contributed by atoms with Crippen LogP contribution in [0, 0.1) is 19.7 Å². The third kappa shape index (κ3) is 9.53. The van der Waals surface area contributed by atoms with E-state index in [1.807, 2.05) is 24.5 Å². The normalized spacial score (nSPS) is 20.4. The van der Waals surface area contributed by atoms with Gasteiger partial charge in [0, 0.05) is 54.3 Å². The van der Waals surface area contributed by atoms with Gasteiger partial charge in [0.25, 0.3) is 11.1 Å². The summed E-state index contributed by atoms with van der Waals surface area (Å²) in [7, 11) is 0. The highest BCUT2D eigenvalue weighted by molar-refractivity contribution is 6.27. The van der Waals surface area contributed by atoms with Crippen LogP contribution in [0.3, 0.4) is 0 Å². The number of fused-ring (bicyclic) bond motifs is 4. The van der Waals surface area contributed by atoms with Crippen LogP contribution in [0.15, 0.2) is 33.9 Å². The summed E-state index contributed by atoms with van der Waals surface area (Å²) in [6.07, 6.45) is 12.7. The molecule has 2 saturated heterocycles. The number of carboxylic acids is 2. The average Bonchev–Trinajstić information content (AvgIpc) is 3.36. The fraction of sp³-hybridized carbons (Fsp3) is 0.579. The molecule has 0 radical (unpaired) electrons. The first-order valence-corrected chi connectivity index (χ1v) is 18.8. The molecule has 12 nitrogen and oxygen atoms in total. The van der Waals surface area contributed by atoms with Crippen molar-refractivity contribution in [1.29, 1.82) is 0 Å². The molecule has 14 heteroatoms. The van der Waals surface area contributed by atoms with Crippen molar-refractivity contribution in [2.24, 2.45) is 0 Å². The second kappa shape index (κ2) is 18.2. The van der Waals surface area contributed by atoms with Crippen molar-refractivity contribution in [3.63, 3.8) is 0 Å². The number of rotatable bonds is 8. The Hall–Kier alpha value is -3.94. The Morgan fingerprint density at radius 1 is 0.808 bits per heavy atom. The zero-order valence-electron chi connectivity index (χ0n) is 30.0. The highest BCUT2D eigenvalue weighted by Crippen LogP contribution is 2.37. The predicted octanol–water partition coefficient (Wildman–Crippen LogP) is 4.61. The lowest BCUT2D eigenvalue weighted by Gasteiger charge is -2.39. The number of carbonyl (C=O) groups is 2. The molecule has 2 atom stereocenters. The number of alkyl halides is 1. The van der Waals surface area contributed by atoms with E-state index in [1.165, 1.54) is 18.9 Å². The standard InChI is InChI=1S/C25H32FN3O2.C11H15ClN2O.C2H2O4/c1-17-27-24-9-5-3-7-22(24)25(30)28(17)12-13-29-19-10-11-20(29)15-21(14-19)31-16-18-6-2-4-8-23(18)26;1-8-13-10-5-3-2-4-9(10)11(15)14(8)7-6-12;3-1(4)2(5)6/h2,4,6,8,19-21H,3,5,7,9-16H2,1H3;2-7H2,1H3;(H,3,4)(H,5,6). The van der Waals surface area contributed by atoms with Gasteiger partial charge in [-0.3, -0.25) is 23.6 Å². The first-order valence-electron chi connectivity index (χ1n) is 18.3. The largest absolute Gasteiger partial charge is 0.473 e. The second-order valence-corrected chi connectivity index (χ2v) is 14.3. The lowest BCUT2D eigenvalue weighted by atomic mass is 9.97. The summed E-state index contributed by atoms with van der Waals surface area (Å²) < 4.78 is 23.6. The molecule has 2 bridgehead atoms. The quantitative estimate of drug-likeness (QED) is 0.247. The van der Waals surface area contributed by atoms with Crippen molar-refractivity contribution in [2.75, 3.05) is 12.4 Å². The van der Waals surface area contributed by atoms with Crippen LogP contribution >= 0.6 is 11.6 Å². The Kier molecular flexibility index (Phi) is 13.7. The number of aliphatic carboxylic acids is 2. The molecule has 2 aliphatic carbocycles. The van der Waals surface area contributed by atoms with E-state index in [2.05, 4.69) is 9.88 Å². The molecule has 0 saturated carbocycles. The Morgan fingerprint density at radius 3 is 1.81 bits per heavy atom. The summed E-state index contributed by atoms with van der Waals surface area (Å²) in [6.45, 7) is 6.34. The minimum Gasteiger partial charge on any atom is -0.473 e. The van der Waals surface area contributed by atoms with Crippen molar-refractivity contribution in [1.82, 2.24) is 24.0 Å². The van der Waals surface area contributed by atoms with Crippen molar-refractivity contribution in [3.05, 3.63) is 90.5 Å². The van der Waals surface area contributed by atoms with Crippen LogP contribution in [0.4, 0.5) is 4.39 Å². The van der Waals surface area contributed by atoms with E-state index in [9.17, 15) is 14.0 Å². The number of carboxylic acid groups (broad SMARTS) is 2. The SMILES string of the molecule is Cc1nc2c(c(=O)n1CCCl)CCCC2.Cc1nc2c(c(=O)n1CCN1C3CCC1CC(OCc1ccccc1F)C3)CCCC2.O=C(O)C(=O)O. The van der Waals surface area contributed by atoms with E-state index >= 15 is 0 Å². The van der Waals surface area contributed by atoms with Gasteiger partial charge >= 0.3 is 11.9 Å². The first-order chi connectivity index (χ1) is 25.0. The number of piperidine rings is 1. The smallest absolute Gasteiger partial charge is 0.414 e. The van der Waals surface area contributed by atoms with Crippen LogP contribution in [0.2, 0.25) is 0 Å². The van der Waals surface area contributed by atoms with E-state index < -0.39 is 11.9 Å². The van der Waals surface area contributed by atoms with Crippen LogP contribution in [0.1, 0.15) is 91.1 Å². The number of aryl methyl sites for hydroxylation is 4. The van der Waals surface area contributed by atoms with Gasteiger partial charge in [0.15, 0.2) is 0 Å². The van der Waals surface area contributed by atoms with Crippen LogP contribution < -0.4 is 11.1 Å². The molecule has 1 aromatic carbocycles. The first kappa shape index (κ1) is 39.3. The van der Waals surface area contributed by atoms with Gasteiger partial charge in [-0.1, -0.05) is 18.2 Å². The van der Waals surface area contributed by atoms with E-state index in [4.69, 9.17) is 41.1 Å². The second-order valence-electron chi connectivity index (χ2n) is 13.9. The highest BCUT2D eigenvalue weighted by Gasteiger charge is 2.41.